The lowest BCUT2D eigenvalue weighted by Gasteiger charge is -2.06. The van der Waals surface area contributed by atoms with E-state index < -0.39 is 11.9 Å². The summed E-state index contributed by atoms with van der Waals surface area (Å²) >= 11 is 0. The number of carboxylic acid groups (broad SMARTS) is 1. The van der Waals surface area contributed by atoms with Crippen molar-refractivity contribution >= 4 is 33.6 Å². The fourth-order valence-electron chi connectivity index (χ4n) is 2.63. The number of hydrogen-bond donors (Lipinski definition) is 2. The Hall–Kier alpha value is -3.35. The molecule has 27 heavy (non-hydrogen) atoms. The number of nitrogens with one attached hydrogen (secondary N) is 1. The molecule has 0 atom stereocenters. The Bertz CT molecular complexity index is 1030. The van der Waals surface area contributed by atoms with Gasteiger partial charge >= 0.3 is 5.97 Å². The van der Waals surface area contributed by atoms with Gasteiger partial charge in [-0.05, 0) is 49.6 Å². The molecule has 0 bridgehead atoms. The lowest BCUT2D eigenvalue weighted by atomic mass is 10.1. The average molecular weight is 368 g/mol. The van der Waals surface area contributed by atoms with Crippen molar-refractivity contribution in [3.63, 3.8) is 0 Å². The van der Waals surface area contributed by atoms with Crippen LogP contribution >= 0.6 is 0 Å². The van der Waals surface area contributed by atoms with Crippen LogP contribution in [-0.2, 0) is 4.79 Å². The summed E-state index contributed by atoms with van der Waals surface area (Å²) in [5.41, 5.74) is 1.83. The average Bonchev–Trinajstić information content (AvgIpc) is 3.05. The number of rotatable bonds is 7. The van der Waals surface area contributed by atoms with E-state index in [-0.39, 0.29) is 18.7 Å². The summed E-state index contributed by atoms with van der Waals surface area (Å²) < 4.78 is 11.1. The number of carbonyl (C=O) groups is 2. The quantitative estimate of drug-likeness (QED) is 0.619. The summed E-state index contributed by atoms with van der Waals surface area (Å²) in [6.45, 7) is 4.56. The summed E-state index contributed by atoms with van der Waals surface area (Å²) in [5, 5.41) is 17.3. The van der Waals surface area contributed by atoms with Crippen LogP contribution in [0.1, 0.15) is 30.8 Å². The third kappa shape index (κ3) is 4.25. The standard InChI is InChI=1S/C20H20N2O5/c1-12(2)8-10-26-14-4-6-15-13(11-14)3-5-16-18(22-27-19(15)16)20(25)21-9-7-17(23)24/h3-6,8,11H,7,9-10H2,1-2H3,(H,21,25)(H,23,24). The number of nitrogens with zero attached hydrogens (tertiary/aromatic N) is 1. The van der Waals surface area contributed by atoms with E-state index in [9.17, 15) is 9.59 Å². The van der Waals surface area contributed by atoms with Crippen LogP contribution in [0.3, 0.4) is 0 Å². The Morgan fingerprint density at radius 1 is 1.22 bits per heavy atom. The van der Waals surface area contributed by atoms with Crippen molar-refractivity contribution < 1.29 is 24.0 Å². The molecule has 0 spiro atoms. The van der Waals surface area contributed by atoms with Crippen molar-refractivity contribution in [3.8, 4) is 5.75 Å². The molecule has 7 heteroatoms. The predicted molar refractivity (Wildman–Crippen MR) is 101 cm³/mol. The lowest BCUT2D eigenvalue weighted by molar-refractivity contribution is -0.136. The molecule has 2 aromatic carbocycles. The van der Waals surface area contributed by atoms with Gasteiger partial charge in [-0.3, -0.25) is 9.59 Å². The number of benzene rings is 2. The molecule has 3 aromatic rings. The van der Waals surface area contributed by atoms with Crippen LogP contribution in [0.25, 0.3) is 21.7 Å². The monoisotopic (exact) mass is 368 g/mol. The predicted octanol–water partition coefficient (Wildman–Crippen LogP) is 3.53. The van der Waals surface area contributed by atoms with Gasteiger partial charge in [0.1, 0.15) is 12.4 Å². The minimum Gasteiger partial charge on any atom is -0.490 e. The third-order valence-electron chi connectivity index (χ3n) is 4.01. The maximum absolute atomic E-state index is 12.2. The van der Waals surface area contributed by atoms with Crippen LogP contribution in [0.2, 0.25) is 0 Å². The molecular formula is C20H20N2O5. The van der Waals surface area contributed by atoms with Gasteiger partial charge in [0.2, 0.25) is 0 Å². The second-order valence-electron chi connectivity index (χ2n) is 6.35. The Balaban J connectivity index is 1.85. The van der Waals surface area contributed by atoms with Gasteiger partial charge in [-0.1, -0.05) is 16.8 Å². The molecule has 7 nitrogen and oxygen atoms in total. The van der Waals surface area contributed by atoms with Crippen molar-refractivity contribution in [1.29, 1.82) is 0 Å². The molecule has 1 heterocycles. The fraction of sp³-hybridized carbons (Fsp3) is 0.250. The molecule has 0 radical (unpaired) electrons. The number of amides is 1. The Labute approximate surface area is 155 Å². The summed E-state index contributed by atoms with van der Waals surface area (Å²) in [5.74, 6) is -0.699. The van der Waals surface area contributed by atoms with Crippen LogP contribution in [0.15, 0.2) is 46.5 Å². The first kappa shape index (κ1) is 18.4. The van der Waals surface area contributed by atoms with Crippen LogP contribution in [0.4, 0.5) is 0 Å². The van der Waals surface area contributed by atoms with E-state index in [1.165, 1.54) is 5.57 Å². The molecule has 0 unspecified atom stereocenters. The summed E-state index contributed by atoms with van der Waals surface area (Å²) in [4.78, 5) is 22.8. The maximum atomic E-state index is 12.2. The molecule has 140 valence electrons. The number of hydrogen-bond acceptors (Lipinski definition) is 5. The highest BCUT2D eigenvalue weighted by Crippen LogP contribution is 2.30. The molecule has 0 fully saturated rings. The van der Waals surface area contributed by atoms with Crippen LogP contribution in [-0.4, -0.2) is 35.3 Å². The third-order valence-corrected chi connectivity index (χ3v) is 4.01. The van der Waals surface area contributed by atoms with E-state index >= 15 is 0 Å². The zero-order chi connectivity index (χ0) is 19.4. The number of ether oxygens (including phenoxy) is 1. The molecular weight excluding hydrogens is 348 g/mol. The first-order valence-corrected chi connectivity index (χ1v) is 8.54. The first-order chi connectivity index (χ1) is 13.0. The van der Waals surface area contributed by atoms with Crippen LogP contribution in [0, 0.1) is 0 Å². The van der Waals surface area contributed by atoms with Crippen molar-refractivity contribution in [2.45, 2.75) is 20.3 Å². The SMILES string of the molecule is CC(C)=CCOc1ccc2c(ccc3c(C(=O)NCCC(=O)O)noc32)c1. The molecule has 0 saturated heterocycles. The molecule has 0 aliphatic rings. The number of allylic oxidation sites excluding steroid dienone is 1. The number of aromatic nitrogens is 1. The van der Waals surface area contributed by atoms with Gasteiger partial charge in [0.05, 0.1) is 11.8 Å². The summed E-state index contributed by atoms with van der Waals surface area (Å²) in [7, 11) is 0. The molecule has 1 amide bonds. The molecule has 0 saturated carbocycles. The van der Waals surface area contributed by atoms with Crippen molar-refractivity contribution in [2.75, 3.05) is 13.2 Å². The Morgan fingerprint density at radius 2 is 2.00 bits per heavy atom. The highest BCUT2D eigenvalue weighted by atomic mass is 16.5. The van der Waals surface area contributed by atoms with Gasteiger partial charge in [0.15, 0.2) is 11.3 Å². The van der Waals surface area contributed by atoms with E-state index in [4.69, 9.17) is 14.4 Å². The number of fused-ring (bicyclic) bond motifs is 3. The van der Waals surface area contributed by atoms with Gasteiger partial charge in [-0.25, -0.2) is 0 Å². The van der Waals surface area contributed by atoms with Gasteiger partial charge in [0, 0.05) is 11.9 Å². The second kappa shape index (κ2) is 7.90. The number of carbonyl (C=O) groups excluding carboxylic acids is 1. The van der Waals surface area contributed by atoms with Gasteiger partial charge < -0.3 is 19.7 Å². The minimum absolute atomic E-state index is 0.0302. The highest BCUT2D eigenvalue weighted by molar-refractivity contribution is 6.12. The number of aliphatic carboxylic acids is 1. The van der Waals surface area contributed by atoms with E-state index in [2.05, 4.69) is 10.5 Å². The topological polar surface area (TPSA) is 102 Å². The van der Waals surface area contributed by atoms with Crippen molar-refractivity contribution in [2.24, 2.45) is 0 Å². The zero-order valence-electron chi connectivity index (χ0n) is 15.1. The van der Waals surface area contributed by atoms with E-state index in [1.54, 1.807) is 6.07 Å². The second-order valence-corrected chi connectivity index (χ2v) is 6.35. The van der Waals surface area contributed by atoms with Gasteiger partial charge in [0.25, 0.3) is 5.91 Å². The van der Waals surface area contributed by atoms with E-state index in [0.717, 1.165) is 16.5 Å². The minimum atomic E-state index is -0.978. The largest absolute Gasteiger partial charge is 0.490 e. The Morgan fingerprint density at radius 3 is 2.74 bits per heavy atom. The maximum Gasteiger partial charge on any atom is 0.305 e. The smallest absolute Gasteiger partial charge is 0.305 e. The fourth-order valence-corrected chi connectivity index (χ4v) is 2.63. The van der Waals surface area contributed by atoms with Crippen LogP contribution < -0.4 is 10.1 Å². The lowest BCUT2D eigenvalue weighted by Crippen LogP contribution is -2.26. The Kier molecular flexibility index (Phi) is 5.40. The summed E-state index contributed by atoms with van der Waals surface area (Å²) in [6, 6.07) is 9.25. The summed E-state index contributed by atoms with van der Waals surface area (Å²) in [6.07, 6.45) is 1.85. The van der Waals surface area contributed by atoms with Crippen molar-refractivity contribution in [3.05, 3.63) is 47.7 Å². The highest BCUT2D eigenvalue weighted by Gasteiger charge is 2.18. The normalized spacial score (nSPS) is 10.7. The van der Waals surface area contributed by atoms with Crippen molar-refractivity contribution in [1.82, 2.24) is 10.5 Å². The molecule has 3 rings (SSSR count). The zero-order valence-corrected chi connectivity index (χ0v) is 15.1. The van der Waals surface area contributed by atoms with Crippen LogP contribution in [0.5, 0.6) is 5.75 Å². The molecule has 0 aliphatic carbocycles. The first-order valence-electron chi connectivity index (χ1n) is 8.54. The number of carboxylic acids is 1. The van der Waals surface area contributed by atoms with Gasteiger partial charge in [-0.2, -0.15) is 0 Å². The molecule has 0 aliphatic heterocycles. The molecule has 2 N–H and O–H groups in total. The van der Waals surface area contributed by atoms with E-state index in [0.29, 0.717) is 17.6 Å². The van der Waals surface area contributed by atoms with Gasteiger partial charge in [-0.15, -0.1) is 0 Å². The molecule has 1 aromatic heterocycles. The van der Waals surface area contributed by atoms with E-state index in [1.807, 2.05) is 44.2 Å².